The van der Waals surface area contributed by atoms with Crippen LogP contribution in [-0.2, 0) is 7.05 Å². The second-order valence-corrected chi connectivity index (χ2v) is 13.5. The van der Waals surface area contributed by atoms with Crippen LogP contribution in [0.2, 0.25) is 0 Å². The van der Waals surface area contributed by atoms with Crippen molar-refractivity contribution in [3.8, 4) is 0 Å². The predicted molar refractivity (Wildman–Crippen MR) is 185 cm³/mol. The fourth-order valence-corrected chi connectivity index (χ4v) is 9.36. The monoisotopic (exact) mass is 621 g/mol. The number of aryl methyl sites for hydroxylation is 1. The van der Waals surface area contributed by atoms with Crippen LogP contribution in [0.1, 0.15) is 32.0 Å². The Kier molecular flexibility index (Phi) is 5.48. The van der Waals surface area contributed by atoms with Gasteiger partial charge in [0, 0.05) is 61.0 Å². The Hall–Kier alpha value is -3.18. The van der Waals surface area contributed by atoms with Crippen LogP contribution in [0.3, 0.4) is 0 Å². The topological polar surface area (TPSA) is 30.7 Å². The summed E-state index contributed by atoms with van der Waals surface area (Å²) in [5.41, 5.74) is 7.80. The first-order valence-electron chi connectivity index (χ1n) is 12.4. The zero-order valence-corrected chi connectivity index (χ0v) is 25.6. The minimum Gasteiger partial charge on any atom is -0.187 e. The highest BCUT2D eigenvalue weighted by molar-refractivity contribution is 7.84. The van der Waals surface area contributed by atoms with E-state index in [-0.39, 0.29) is 0 Å². The van der Waals surface area contributed by atoms with Crippen LogP contribution in [0, 0.1) is 0 Å². The van der Waals surface area contributed by atoms with E-state index in [9.17, 15) is 0 Å². The molecular formula is C31H15N3S6. The SMILES string of the molecule is Cn1nc2c3cc(C=C4C(=S)c5ccccc5C4=S)sc3c3sc(C=C4C(=S)c5ccccc5C4=S)cc3c2n1. The lowest BCUT2D eigenvalue weighted by atomic mass is 10.1. The highest BCUT2D eigenvalue weighted by Gasteiger charge is 2.28. The van der Waals surface area contributed by atoms with E-state index in [1.54, 1.807) is 27.5 Å². The van der Waals surface area contributed by atoms with Crippen molar-refractivity contribution in [2.75, 3.05) is 0 Å². The van der Waals surface area contributed by atoms with Crippen molar-refractivity contribution in [3.63, 3.8) is 0 Å². The van der Waals surface area contributed by atoms with Gasteiger partial charge >= 0.3 is 0 Å². The van der Waals surface area contributed by atoms with Gasteiger partial charge in [-0.25, -0.2) is 0 Å². The van der Waals surface area contributed by atoms with E-state index in [0.29, 0.717) is 0 Å². The summed E-state index contributed by atoms with van der Waals surface area (Å²) < 4.78 is 2.36. The van der Waals surface area contributed by atoms with E-state index in [1.807, 2.05) is 55.6 Å². The Labute approximate surface area is 258 Å². The van der Waals surface area contributed by atoms with Gasteiger partial charge in [-0.15, -0.1) is 22.7 Å². The first-order chi connectivity index (χ1) is 19.4. The highest BCUT2D eigenvalue weighted by Crippen LogP contribution is 2.44. The quantitative estimate of drug-likeness (QED) is 0.142. The number of nitrogens with zero attached hydrogens (tertiary/aromatic N) is 3. The first-order valence-corrected chi connectivity index (χ1v) is 15.7. The van der Waals surface area contributed by atoms with Crippen molar-refractivity contribution in [1.82, 2.24) is 15.0 Å². The van der Waals surface area contributed by atoms with Crippen molar-refractivity contribution < 1.29 is 0 Å². The molecule has 0 amide bonds. The third-order valence-corrected chi connectivity index (χ3v) is 11.4. The molecule has 0 saturated carbocycles. The summed E-state index contributed by atoms with van der Waals surface area (Å²) in [7, 11) is 1.86. The average molecular weight is 622 g/mol. The largest absolute Gasteiger partial charge is 0.187 e. The summed E-state index contributed by atoms with van der Waals surface area (Å²) >= 11 is 26.8. The van der Waals surface area contributed by atoms with Gasteiger partial charge in [0.25, 0.3) is 0 Å². The number of thiocarbonyl (C=S) groups is 4. The van der Waals surface area contributed by atoms with Crippen LogP contribution in [0.15, 0.2) is 71.8 Å². The molecule has 2 aliphatic rings. The molecule has 0 saturated heterocycles. The van der Waals surface area contributed by atoms with Crippen LogP contribution in [0.5, 0.6) is 0 Å². The maximum absolute atomic E-state index is 5.82. The maximum Gasteiger partial charge on any atom is 0.122 e. The summed E-state index contributed by atoms with van der Waals surface area (Å²) in [6.07, 6.45) is 4.26. The zero-order chi connectivity index (χ0) is 27.3. The van der Waals surface area contributed by atoms with E-state index < -0.39 is 0 Å². The maximum atomic E-state index is 5.82. The lowest BCUT2D eigenvalue weighted by Crippen LogP contribution is -1.97. The van der Waals surface area contributed by atoms with Crippen LogP contribution >= 0.6 is 71.5 Å². The second-order valence-electron chi connectivity index (χ2n) is 9.69. The van der Waals surface area contributed by atoms with Crippen molar-refractivity contribution in [2.45, 2.75) is 0 Å². The van der Waals surface area contributed by atoms with Crippen molar-refractivity contribution >= 4 is 134 Å². The summed E-state index contributed by atoms with van der Waals surface area (Å²) in [5, 5.41) is 11.7. The molecule has 40 heavy (non-hydrogen) atoms. The Balaban J connectivity index is 1.31. The van der Waals surface area contributed by atoms with Crippen LogP contribution in [0.25, 0.3) is 43.4 Å². The molecule has 0 atom stereocenters. The number of hydrogen-bond donors (Lipinski definition) is 0. The van der Waals surface area contributed by atoms with Crippen LogP contribution < -0.4 is 0 Å². The Morgan fingerprint density at radius 3 is 1.30 bits per heavy atom. The number of thiophene rings is 2. The predicted octanol–water partition coefficient (Wildman–Crippen LogP) is 8.46. The fraction of sp³-hybridized carbons (Fsp3) is 0.0323. The summed E-state index contributed by atoms with van der Waals surface area (Å²) in [6, 6.07) is 20.6. The molecule has 3 aromatic heterocycles. The van der Waals surface area contributed by atoms with Gasteiger partial charge in [-0.1, -0.05) is 97.4 Å². The van der Waals surface area contributed by atoms with E-state index in [4.69, 9.17) is 59.1 Å². The standard InChI is InChI=1S/C31H15N3S6/c1-34-32-24-20-10-14(12-22-26(35)16-6-2-3-7-17(16)27(22)36)39-30(20)31-21(25(24)33-34)11-15(40-31)13-23-28(37)18-8-4-5-9-19(18)29(23)38/h2-13H,1H3. The molecule has 0 unspecified atom stereocenters. The molecule has 6 aromatic rings. The fourth-order valence-electron chi connectivity index (χ4n) is 5.51. The molecule has 2 aliphatic carbocycles. The first kappa shape index (κ1) is 24.6. The second kappa shape index (κ2) is 8.91. The van der Waals surface area contributed by atoms with E-state index in [0.717, 1.165) is 84.4 Å². The van der Waals surface area contributed by atoms with Crippen LogP contribution in [-0.4, -0.2) is 34.5 Å². The van der Waals surface area contributed by atoms with Crippen molar-refractivity contribution in [1.29, 1.82) is 0 Å². The van der Waals surface area contributed by atoms with Gasteiger partial charge in [0.1, 0.15) is 11.0 Å². The summed E-state index contributed by atoms with van der Waals surface area (Å²) in [4.78, 5) is 7.05. The Morgan fingerprint density at radius 2 is 0.950 bits per heavy atom. The molecule has 9 heteroatoms. The number of hydrogen-bond acceptors (Lipinski definition) is 8. The molecule has 0 bridgehead atoms. The van der Waals surface area contributed by atoms with Gasteiger partial charge in [-0.3, -0.25) is 0 Å². The number of benzene rings is 3. The molecule has 0 spiro atoms. The normalized spacial score (nSPS) is 14.7. The lowest BCUT2D eigenvalue weighted by molar-refractivity contribution is 0.666. The molecule has 0 N–H and O–H groups in total. The molecule has 0 aliphatic heterocycles. The van der Waals surface area contributed by atoms with Gasteiger partial charge in [-0.2, -0.15) is 15.0 Å². The third kappa shape index (κ3) is 3.49. The molecule has 0 fully saturated rings. The number of allylic oxidation sites excluding steroid dienone is 2. The smallest absolute Gasteiger partial charge is 0.122 e. The molecule has 3 heterocycles. The van der Waals surface area contributed by atoms with E-state index in [2.05, 4.69) is 24.3 Å². The number of fused-ring (bicyclic) bond motifs is 8. The number of rotatable bonds is 2. The molecule has 190 valence electrons. The van der Waals surface area contributed by atoms with Gasteiger partial charge in [-0.05, 0) is 24.3 Å². The van der Waals surface area contributed by atoms with Crippen LogP contribution in [0.4, 0.5) is 0 Å². The molecule has 0 radical (unpaired) electrons. The molecule has 8 rings (SSSR count). The highest BCUT2D eigenvalue weighted by atomic mass is 32.1. The van der Waals surface area contributed by atoms with E-state index in [1.165, 1.54) is 9.40 Å². The summed E-state index contributed by atoms with van der Waals surface area (Å²) in [5.74, 6) is 0. The van der Waals surface area contributed by atoms with Gasteiger partial charge in [0.2, 0.25) is 0 Å². The number of aromatic nitrogens is 3. The zero-order valence-electron chi connectivity index (χ0n) is 20.7. The minimum absolute atomic E-state index is 0.808. The average Bonchev–Trinajstić information content (AvgIpc) is 3.75. The van der Waals surface area contributed by atoms with E-state index >= 15 is 0 Å². The molecular weight excluding hydrogens is 607 g/mol. The minimum atomic E-state index is 0.808. The molecule has 3 aromatic carbocycles. The van der Waals surface area contributed by atoms with Crippen molar-refractivity contribution in [3.05, 3.63) is 104 Å². The Morgan fingerprint density at radius 1 is 0.600 bits per heavy atom. The molecule has 3 nitrogen and oxygen atoms in total. The third-order valence-electron chi connectivity index (χ3n) is 7.32. The Bertz CT molecular complexity index is 2020. The van der Waals surface area contributed by atoms with Gasteiger partial charge in [0.15, 0.2) is 0 Å². The summed E-state index contributed by atoms with van der Waals surface area (Å²) in [6.45, 7) is 0. The lowest BCUT2D eigenvalue weighted by Gasteiger charge is -1.96. The van der Waals surface area contributed by atoms with Crippen molar-refractivity contribution in [2.24, 2.45) is 7.05 Å². The van der Waals surface area contributed by atoms with Gasteiger partial charge < -0.3 is 0 Å². The van der Waals surface area contributed by atoms with Gasteiger partial charge in [0.05, 0.1) is 28.9 Å².